The standard InChI is InChI=1S/C19H24FN3O3/c1-11-4-3-5-15-22-16(17(24)19(26)23(15)10-11)18(25)21-9-13-6-7-14(20)12(2)8-13/h7-8,11,13,24H,3-6,9-10H2,1-2H3,(H,21,25)/t11-,13?/m1/s1. The molecule has 0 spiro atoms. The van der Waals surface area contributed by atoms with Gasteiger partial charge in [0.05, 0.1) is 0 Å². The van der Waals surface area contributed by atoms with E-state index in [-0.39, 0.29) is 24.0 Å². The minimum atomic E-state index is -0.610. The summed E-state index contributed by atoms with van der Waals surface area (Å²) in [4.78, 5) is 29.2. The first-order valence-electron chi connectivity index (χ1n) is 9.02. The van der Waals surface area contributed by atoms with E-state index in [1.54, 1.807) is 13.0 Å². The highest BCUT2D eigenvalue weighted by Crippen LogP contribution is 2.23. The monoisotopic (exact) mass is 361 g/mol. The van der Waals surface area contributed by atoms with Crippen LogP contribution in [-0.4, -0.2) is 27.1 Å². The molecule has 7 heteroatoms. The summed E-state index contributed by atoms with van der Waals surface area (Å²) in [5.41, 5.74) is -0.241. The number of aromatic nitrogens is 2. The van der Waals surface area contributed by atoms with Gasteiger partial charge in [-0.2, -0.15) is 0 Å². The summed E-state index contributed by atoms with van der Waals surface area (Å²) in [5, 5.41) is 12.9. The van der Waals surface area contributed by atoms with Crippen molar-refractivity contribution in [3.8, 4) is 5.75 Å². The molecule has 1 amide bonds. The summed E-state index contributed by atoms with van der Waals surface area (Å²) >= 11 is 0. The minimum absolute atomic E-state index is 0.0247. The van der Waals surface area contributed by atoms with Gasteiger partial charge in [-0.05, 0) is 49.7 Å². The van der Waals surface area contributed by atoms with Gasteiger partial charge in [0.1, 0.15) is 11.7 Å². The van der Waals surface area contributed by atoms with Gasteiger partial charge >= 0.3 is 0 Å². The molecule has 0 aromatic carbocycles. The first-order valence-corrected chi connectivity index (χ1v) is 9.02. The van der Waals surface area contributed by atoms with E-state index in [9.17, 15) is 19.1 Å². The first-order chi connectivity index (χ1) is 12.4. The van der Waals surface area contributed by atoms with Gasteiger partial charge in [-0.3, -0.25) is 14.2 Å². The fraction of sp³-hybridized carbons (Fsp3) is 0.526. The number of hydrogen-bond donors (Lipinski definition) is 2. The third kappa shape index (κ3) is 3.71. The van der Waals surface area contributed by atoms with E-state index >= 15 is 0 Å². The SMILES string of the molecule is CC1=CC(CNC(=O)c2nc3n(c(=O)c2O)C[C@H](C)CCC3)CC=C1F. The second-order valence-electron chi connectivity index (χ2n) is 7.25. The predicted molar refractivity (Wildman–Crippen MR) is 95.7 cm³/mol. The number of amides is 1. The van der Waals surface area contributed by atoms with Gasteiger partial charge in [0, 0.05) is 19.5 Å². The summed E-state index contributed by atoms with van der Waals surface area (Å²) in [7, 11) is 0. The Balaban J connectivity index is 1.77. The number of hydrogen-bond acceptors (Lipinski definition) is 4. The van der Waals surface area contributed by atoms with Crippen LogP contribution < -0.4 is 10.9 Å². The molecule has 3 rings (SSSR count). The van der Waals surface area contributed by atoms with Crippen molar-refractivity contribution in [1.82, 2.24) is 14.9 Å². The molecule has 1 unspecified atom stereocenters. The number of nitrogens with one attached hydrogen (secondary N) is 1. The van der Waals surface area contributed by atoms with Crippen LogP contribution in [-0.2, 0) is 13.0 Å². The van der Waals surface area contributed by atoms with Crippen LogP contribution in [0.5, 0.6) is 5.75 Å². The second-order valence-corrected chi connectivity index (χ2v) is 7.25. The molecule has 1 aromatic rings. The van der Waals surface area contributed by atoms with Crippen LogP contribution in [0.3, 0.4) is 0 Å². The van der Waals surface area contributed by atoms with E-state index in [1.807, 2.05) is 0 Å². The molecular formula is C19H24FN3O3. The summed E-state index contributed by atoms with van der Waals surface area (Å²) in [6, 6.07) is 0. The second kappa shape index (κ2) is 7.43. The molecule has 2 atom stereocenters. The number of carbonyl (C=O) groups is 1. The molecule has 2 heterocycles. The maximum atomic E-state index is 13.4. The van der Waals surface area contributed by atoms with Crippen LogP contribution in [0.4, 0.5) is 4.39 Å². The molecule has 2 N–H and O–H groups in total. The van der Waals surface area contributed by atoms with Crippen molar-refractivity contribution in [2.24, 2.45) is 11.8 Å². The summed E-state index contributed by atoms with van der Waals surface area (Å²) in [6.07, 6.45) is 6.24. The Kier molecular flexibility index (Phi) is 5.25. The maximum Gasteiger partial charge on any atom is 0.296 e. The van der Waals surface area contributed by atoms with Crippen molar-refractivity contribution in [3.63, 3.8) is 0 Å². The number of halogens is 1. The van der Waals surface area contributed by atoms with E-state index in [0.717, 1.165) is 12.8 Å². The number of carbonyl (C=O) groups excluding carboxylic acids is 1. The van der Waals surface area contributed by atoms with Crippen LogP contribution in [0.15, 0.2) is 28.3 Å². The maximum absolute atomic E-state index is 13.4. The molecule has 0 radical (unpaired) electrons. The zero-order valence-corrected chi connectivity index (χ0v) is 15.1. The molecule has 0 bridgehead atoms. The molecule has 140 valence electrons. The van der Waals surface area contributed by atoms with Crippen LogP contribution >= 0.6 is 0 Å². The molecule has 6 nitrogen and oxygen atoms in total. The van der Waals surface area contributed by atoms with E-state index in [4.69, 9.17) is 0 Å². The number of fused-ring (bicyclic) bond motifs is 1. The lowest BCUT2D eigenvalue weighted by Gasteiger charge is -2.18. The molecule has 1 aliphatic carbocycles. The van der Waals surface area contributed by atoms with Crippen molar-refractivity contribution in [1.29, 1.82) is 0 Å². The predicted octanol–water partition coefficient (Wildman–Crippen LogP) is 2.47. The normalized spacial score (nSPS) is 22.7. The van der Waals surface area contributed by atoms with Crippen molar-refractivity contribution >= 4 is 5.91 Å². The fourth-order valence-electron chi connectivity index (χ4n) is 3.50. The van der Waals surface area contributed by atoms with Crippen molar-refractivity contribution in [2.75, 3.05) is 6.54 Å². The fourth-order valence-corrected chi connectivity index (χ4v) is 3.50. The van der Waals surface area contributed by atoms with Crippen molar-refractivity contribution in [3.05, 3.63) is 45.4 Å². The van der Waals surface area contributed by atoms with Gasteiger partial charge in [0.25, 0.3) is 11.5 Å². The van der Waals surface area contributed by atoms with Gasteiger partial charge in [0.15, 0.2) is 5.69 Å². The third-order valence-electron chi connectivity index (χ3n) is 5.02. The minimum Gasteiger partial charge on any atom is -0.501 e. The molecule has 26 heavy (non-hydrogen) atoms. The molecule has 0 saturated carbocycles. The Morgan fingerprint density at radius 2 is 2.27 bits per heavy atom. The van der Waals surface area contributed by atoms with E-state index in [0.29, 0.717) is 36.7 Å². The molecule has 1 aromatic heterocycles. The number of rotatable bonds is 3. The lowest BCUT2D eigenvalue weighted by molar-refractivity contribution is 0.0940. The van der Waals surface area contributed by atoms with Gasteiger partial charge in [-0.15, -0.1) is 0 Å². The number of aryl methyl sites for hydroxylation is 1. The highest BCUT2D eigenvalue weighted by Gasteiger charge is 2.24. The number of allylic oxidation sites excluding steroid dienone is 3. The van der Waals surface area contributed by atoms with E-state index in [2.05, 4.69) is 17.2 Å². The van der Waals surface area contributed by atoms with Gasteiger partial charge < -0.3 is 10.4 Å². The Hall–Kier alpha value is -2.44. The van der Waals surface area contributed by atoms with Crippen LogP contribution in [0.1, 0.15) is 49.4 Å². The zero-order valence-electron chi connectivity index (χ0n) is 15.1. The molecule has 2 aliphatic rings. The number of nitrogens with zero attached hydrogens (tertiary/aromatic N) is 2. The average Bonchev–Trinajstić information content (AvgIpc) is 2.80. The smallest absolute Gasteiger partial charge is 0.296 e. The molecular weight excluding hydrogens is 337 g/mol. The Labute approximate surface area is 151 Å². The molecule has 0 fully saturated rings. The van der Waals surface area contributed by atoms with Gasteiger partial charge in [-0.1, -0.05) is 13.0 Å². The average molecular weight is 361 g/mol. The van der Waals surface area contributed by atoms with Crippen LogP contribution in [0, 0.1) is 11.8 Å². The summed E-state index contributed by atoms with van der Waals surface area (Å²) in [6.45, 7) is 4.52. The molecule has 1 aliphatic heterocycles. The van der Waals surface area contributed by atoms with E-state index < -0.39 is 17.2 Å². The quantitative estimate of drug-likeness (QED) is 0.866. The first kappa shape index (κ1) is 18.4. The molecule has 0 saturated heterocycles. The number of aromatic hydroxyl groups is 1. The third-order valence-corrected chi connectivity index (χ3v) is 5.02. The van der Waals surface area contributed by atoms with Gasteiger partial charge in [0.2, 0.25) is 5.75 Å². The lowest BCUT2D eigenvalue weighted by atomic mass is 9.96. The van der Waals surface area contributed by atoms with Crippen molar-refractivity contribution < 1.29 is 14.3 Å². The Morgan fingerprint density at radius 3 is 3.00 bits per heavy atom. The topological polar surface area (TPSA) is 84.2 Å². The summed E-state index contributed by atoms with van der Waals surface area (Å²) in [5.74, 6) is -0.586. The van der Waals surface area contributed by atoms with Crippen molar-refractivity contribution in [2.45, 2.75) is 46.1 Å². The largest absolute Gasteiger partial charge is 0.501 e. The summed E-state index contributed by atoms with van der Waals surface area (Å²) < 4.78 is 14.8. The Morgan fingerprint density at radius 1 is 1.50 bits per heavy atom. The van der Waals surface area contributed by atoms with Crippen LogP contribution in [0.25, 0.3) is 0 Å². The highest BCUT2D eigenvalue weighted by atomic mass is 19.1. The zero-order chi connectivity index (χ0) is 18.8. The Bertz CT molecular complexity index is 841. The highest BCUT2D eigenvalue weighted by molar-refractivity contribution is 5.94. The van der Waals surface area contributed by atoms with Crippen LogP contribution in [0.2, 0.25) is 0 Å². The van der Waals surface area contributed by atoms with Gasteiger partial charge in [-0.25, -0.2) is 9.37 Å². The van der Waals surface area contributed by atoms with E-state index in [1.165, 1.54) is 10.6 Å². The lowest BCUT2D eigenvalue weighted by Crippen LogP contribution is -2.34.